The summed E-state index contributed by atoms with van der Waals surface area (Å²) in [6.45, 7) is 3.64. The first kappa shape index (κ1) is 23.2. The molecule has 1 heterocycles. The molecule has 0 spiro atoms. The number of rotatable bonds is 6. The van der Waals surface area contributed by atoms with Crippen molar-refractivity contribution in [3.05, 3.63) is 24.3 Å². The summed E-state index contributed by atoms with van der Waals surface area (Å²) in [5, 5.41) is 0. The molecular formula is C18H26O8Sn. The van der Waals surface area contributed by atoms with Crippen LogP contribution in [0.15, 0.2) is 24.3 Å². The van der Waals surface area contributed by atoms with Gasteiger partial charge in [-0.1, -0.05) is 0 Å². The Kier molecular flexibility index (Phi) is 10.8. The average Bonchev–Trinajstić information content (AvgIpc) is 2.64. The Morgan fingerprint density at radius 1 is 0.704 bits per heavy atom. The number of hydrogen-bond donors (Lipinski definition) is 0. The summed E-state index contributed by atoms with van der Waals surface area (Å²) < 4.78 is 21.9. The maximum atomic E-state index is 12.2. The number of cyclic esters (lactones) is 2. The Balaban J connectivity index is 3.11. The van der Waals surface area contributed by atoms with E-state index >= 15 is 0 Å². The molecule has 0 fully saturated rings. The van der Waals surface area contributed by atoms with Gasteiger partial charge in [0, 0.05) is 0 Å². The number of carbonyl (C=O) groups excluding carboxylic acids is 4. The first-order valence-electron chi connectivity index (χ1n) is 9.06. The minimum atomic E-state index is -4.11. The van der Waals surface area contributed by atoms with Gasteiger partial charge in [0.2, 0.25) is 0 Å². The van der Waals surface area contributed by atoms with Crippen LogP contribution in [0.3, 0.4) is 0 Å². The van der Waals surface area contributed by atoms with Crippen molar-refractivity contribution in [1.82, 2.24) is 0 Å². The van der Waals surface area contributed by atoms with Gasteiger partial charge in [-0.2, -0.15) is 0 Å². The molecule has 0 atom stereocenters. The third-order valence-corrected chi connectivity index (χ3v) is 13.3. The molecule has 0 aromatic rings. The van der Waals surface area contributed by atoms with E-state index in [0.717, 1.165) is 50.0 Å². The van der Waals surface area contributed by atoms with Crippen LogP contribution in [0.4, 0.5) is 0 Å². The van der Waals surface area contributed by atoms with E-state index in [0.29, 0.717) is 8.87 Å². The summed E-state index contributed by atoms with van der Waals surface area (Å²) in [7, 11) is 0. The van der Waals surface area contributed by atoms with Crippen molar-refractivity contribution in [3.63, 3.8) is 0 Å². The van der Waals surface area contributed by atoms with E-state index in [1.165, 1.54) is 0 Å². The van der Waals surface area contributed by atoms with Crippen molar-refractivity contribution in [2.45, 2.75) is 48.4 Å². The van der Waals surface area contributed by atoms with E-state index in [-0.39, 0.29) is 13.2 Å². The van der Waals surface area contributed by atoms with Crippen molar-refractivity contribution in [2.24, 2.45) is 0 Å². The minimum absolute atomic E-state index is 0.168. The predicted molar refractivity (Wildman–Crippen MR) is 97.6 cm³/mol. The molecule has 0 saturated heterocycles. The van der Waals surface area contributed by atoms with Crippen LogP contribution in [0.25, 0.3) is 0 Å². The molecule has 0 amide bonds. The van der Waals surface area contributed by atoms with E-state index in [9.17, 15) is 19.2 Å². The third-order valence-electron chi connectivity index (χ3n) is 3.68. The van der Waals surface area contributed by atoms with Crippen LogP contribution >= 0.6 is 0 Å². The van der Waals surface area contributed by atoms with Crippen molar-refractivity contribution in [3.8, 4) is 0 Å². The van der Waals surface area contributed by atoms with Gasteiger partial charge in [-0.05, 0) is 0 Å². The second kappa shape index (κ2) is 12.5. The first-order chi connectivity index (χ1) is 12.9. The fraction of sp³-hybridized carbons (Fsp3) is 0.556. The molecule has 0 unspecified atom stereocenters. The van der Waals surface area contributed by atoms with Crippen LogP contribution < -0.4 is 0 Å². The molecule has 0 N–H and O–H groups in total. The van der Waals surface area contributed by atoms with E-state index < -0.39 is 43.1 Å². The normalized spacial score (nSPS) is 18.6. The Hall–Kier alpha value is -1.84. The van der Waals surface area contributed by atoms with E-state index in [1.807, 2.05) is 13.8 Å². The van der Waals surface area contributed by atoms with E-state index in [2.05, 4.69) is 0 Å². The Labute approximate surface area is 163 Å². The second-order valence-corrected chi connectivity index (χ2v) is 15.2. The zero-order valence-corrected chi connectivity index (χ0v) is 18.6. The van der Waals surface area contributed by atoms with E-state index in [4.69, 9.17) is 15.6 Å². The molecule has 0 aromatic heterocycles. The topological polar surface area (TPSA) is 105 Å². The molecule has 1 rings (SSSR count). The van der Waals surface area contributed by atoms with Crippen molar-refractivity contribution >= 4 is 43.1 Å². The standard InChI is InChI=1S/C10H10O8.2C4H9.Sn/c11-7(12)1-3-9(15)17-5-6-18-10(16)4-2-8(13)14;2*1-3-4-2;/h1-4H,5-6H2,(H,11,12)(H,13,14);2*1,3-4H2,2H3;/q;;;+2/p-2. The van der Waals surface area contributed by atoms with Crippen LogP contribution in [0.2, 0.25) is 8.87 Å². The molecule has 1 aliphatic heterocycles. The molecule has 8 nitrogen and oxygen atoms in total. The second-order valence-electron chi connectivity index (χ2n) is 5.96. The van der Waals surface area contributed by atoms with Crippen LogP contribution in [0.1, 0.15) is 39.5 Å². The number of ether oxygens (including phenoxy) is 2. The molecular weight excluding hydrogens is 463 g/mol. The molecule has 0 bridgehead atoms. The van der Waals surface area contributed by atoms with Crippen LogP contribution in [0.5, 0.6) is 0 Å². The van der Waals surface area contributed by atoms with Gasteiger partial charge in [-0.3, -0.25) is 0 Å². The Bertz CT molecular complexity index is 544. The predicted octanol–water partition coefficient (Wildman–Crippen LogP) is 2.33. The van der Waals surface area contributed by atoms with Gasteiger partial charge >= 0.3 is 164 Å². The van der Waals surface area contributed by atoms with Gasteiger partial charge < -0.3 is 0 Å². The number of carbonyl (C=O) groups is 4. The zero-order valence-electron chi connectivity index (χ0n) is 15.7. The molecule has 0 aliphatic carbocycles. The Morgan fingerprint density at radius 3 is 1.44 bits per heavy atom. The molecule has 9 heteroatoms. The fourth-order valence-corrected chi connectivity index (χ4v) is 11.9. The summed E-state index contributed by atoms with van der Waals surface area (Å²) in [6, 6.07) is 0. The third kappa shape index (κ3) is 9.60. The quantitative estimate of drug-likeness (QED) is 0.414. The number of hydrogen-bond acceptors (Lipinski definition) is 8. The monoisotopic (exact) mass is 490 g/mol. The van der Waals surface area contributed by atoms with Gasteiger partial charge in [0.25, 0.3) is 0 Å². The maximum absolute atomic E-state index is 12.2. The van der Waals surface area contributed by atoms with Crippen molar-refractivity contribution in [2.75, 3.05) is 13.2 Å². The molecule has 0 saturated carbocycles. The molecule has 150 valence electrons. The summed E-state index contributed by atoms with van der Waals surface area (Å²) in [5.74, 6) is -2.97. The van der Waals surface area contributed by atoms with Crippen LogP contribution in [-0.4, -0.2) is 56.3 Å². The Morgan fingerprint density at radius 2 is 1.07 bits per heavy atom. The van der Waals surface area contributed by atoms with Crippen molar-refractivity contribution < 1.29 is 34.8 Å². The van der Waals surface area contributed by atoms with Gasteiger partial charge in [-0.25, -0.2) is 0 Å². The first-order valence-corrected chi connectivity index (χ1v) is 15.4. The summed E-state index contributed by atoms with van der Waals surface area (Å²) in [4.78, 5) is 47.6. The average molecular weight is 489 g/mol. The van der Waals surface area contributed by atoms with Crippen LogP contribution in [0, 0.1) is 0 Å². The zero-order chi connectivity index (χ0) is 20.1. The number of esters is 2. The summed E-state index contributed by atoms with van der Waals surface area (Å²) in [5.41, 5.74) is 0. The van der Waals surface area contributed by atoms with Gasteiger partial charge in [0.05, 0.1) is 0 Å². The van der Waals surface area contributed by atoms with Gasteiger partial charge in [0.1, 0.15) is 0 Å². The molecule has 0 aromatic carbocycles. The number of unbranched alkanes of at least 4 members (excludes halogenated alkanes) is 2. The molecule has 27 heavy (non-hydrogen) atoms. The summed E-state index contributed by atoms with van der Waals surface area (Å²) >= 11 is -4.11. The SMILES string of the molecule is CCC[CH2][Sn]1([CH2]CCC)[O]C(=O)C=CC(=O)OCCOC(=O)C=CC(=O)[O]1. The van der Waals surface area contributed by atoms with Crippen LogP contribution in [-0.2, 0) is 34.8 Å². The van der Waals surface area contributed by atoms with Gasteiger partial charge in [-0.15, -0.1) is 0 Å². The van der Waals surface area contributed by atoms with Gasteiger partial charge in [0.15, 0.2) is 0 Å². The summed E-state index contributed by atoms with van der Waals surface area (Å²) in [6.07, 6.45) is 7.03. The fourth-order valence-electron chi connectivity index (χ4n) is 2.33. The van der Waals surface area contributed by atoms with E-state index in [1.54, 1.807) is 0 Å². The van der Waals surface area contributed by atoms with Crippen molar-refractivity contribution in [1.29, 1.82) is 0 Å². The molecule has 1 aliphatic rings. The molecule has 0 radical (unpaired) electrons.